The van der Waals surface area contributed by atoms with Crippen LogP contribution in [-0.4, -0.2) is 0 Å². The Kier molecular flexibility index (Phi) is 6.20. The van der Waals surface area contributed by atoms with Crippen LogP contribution in [0.5, 0.6) is 0 Å². The zero-order valence-electron chi connectivity index (χ0n) is 17.0. The summed E-state index contributed by atoms with van der Waals surface area (Å²) in [5.41, 5.74) is 7.62. The van der Waals surface area contributed by atoms with Gasteiger partial charge in [-0.1, -0.05) is 80.9 Å². The van der Waals surface area contributed by atoms with E-state index in [1.165, 1.54) is 32.3 Å². The summed E-state index contributed by atoms with van der Waals surface area (Å²) < 4.78 is 1.23. The molecule has 0 atom stereocenters. The number of aryl methyl sites for hydroxylation is 2. The van der Waals surface area contributed by atoms with Crippen LogP contribution in [0.4, 0.5) is 0 Å². The van der Waals surface area contributed by atoms with Gasteiger partial charge in [0, 0.05) is 4.47 Å². The summed E-state index contributed by atoms with van der Waals surface area (Å²) in [6, 6.07) is 13.8. The van der Waals surface area contributed by atoms with Crippen molar-refractivity contribution in [1.29, 1.82) is 0 Å². The van der Waals surface area contributed by atoms with Crippen LogP contribution < -0.4 is 0 Å². The van der Waals surface area contributed by atoms with Crippen molar-refractivity contribution in [2.75, 3.05) is 0 Å². The molecule has 0 heterocycles. The fourth-order valence-electron chi connectivity index (χ4n) is 3.53. The minimum Gasteiger partial charge on any atom is -0.0599 e. The van der Waals surface area contributed by atoms with Gasteiger partial charge in [-0.05, 0) is 77.8 Å². The van der Waals surface area contributed by atoms with Crippen molar-refractivity contribution < 1.29 is 0 Å². The number of hydrogen-bond donors (Lipinski definition) is 0. The number of rotatable bonds is 5. The maximum Gasteiger partial charge on any atom is 0.0207 e. The van der Waals surface area contributed by atoms with Gasteiger partial charge in [0.1, 0.15) is 0 Å². The summed E-state index contributed by atoms with van der Waals surface area (Å²) in [5, 5.41) is 0. The third-order valence-electron chi connectivity index (χ3n) is 4.77. The summed E-state index contributed by atoms with van der Waals surface area (Å²) in [7, 11) is 0. The Labute approximate surface area is 163 Å². The molecule has 0 aliphatic rings. The van der Waals surface area contributed by atoms with E-state index in [1.54, 1.807) is 0 Å². The molecule has 136 valence electrons. The smallest absolute Gasteiger partial charge is 0.0207 e. The van der Waals surface area contributed by atoms with Gasteiger partial charge in [0.05, 0.1) is 0 Å². The van der Waals surface area contributed by atoms with Crippen LogP contribution in [0.3, 0.4) is 0 Å². The largest absolute Gasteiger partial charge is 0.0599 e. The molecule has 0 aromatic heterocycles. The minimum absolute atomic E-state index is 0.245. The van der Waals surface area contributed by atoms with Gasteiger partial charge in [-0.25, -0.2) is 0 Å². The molecule has 0 spiro atoms. The average Bonchev–Trinajstić information content (AvgIpc) is 2.44. The molecule has 0 radical (unpaired) electrons. The molecule has 1 heteroatoms. The Morgan fingerprint density at radius 2 is 1.28 bits per heavy atom. The van der Waals surface area contributed by atoms with E-state index in [9.17, 15) is 0 Å². The van der Waals surface area contributed by atoms with Crippen molar-refractivity contribution in [3.8, 4) is 0 Å². The van der Waals surface area contributed by atoms with E-state index in [0.717, 1.165) is 19.3 Å². The molecule has 0 fully saturated rings. The molecule has 0 saturated heterocycles. The Morgan fingerprint density at radius 3 is 1.84 bits per heavy atom. The normalized spacial score (nSPS) is 12.5. The summed E-state index contributed by atoms with van der Waals surface area (Å²) in [6.45, 7) is 16.1. The maximum atomic E-state index is 3.73. The molecule has 0 unspecified atom stereocenters. The lowest BCUT2D eigenvalue weighted by Crippen LogP contribution is -2.19. The van der Waals surface area contributed by atoms with E-state index in [-0.39, 0.29) is 5.41 Å². The van der Waals surface area contributed by atoms with E-state index < -0.39 is 0 Å². The second kappa shape index (κ2) is 7.66. The highest BCUT2D eigenvalue weighted by Gasteiger charge is 2.21. The van der Waals surface area contributed by atoms with Crippen molar-refractivity contribution >= 4 is 15.9 Å². The average molecular weight is 401 g/mol. The van der Waals surface area contributed by atoms with E-state index in [2.05, 4.69) is 101 Å². The third-order valence-corrected chi connectivity index (χ3v) is 5.54. The first kappa shape index (κ1) is 20.2. The number of benzene rings is 2. The lowest BCUT2D eigenvalue weighted by Gasteiger charge is -2.26. The highest BCUT2D eigenvalue weighted by atomic mass is 79.9. The minimum atomic E-state index is 0.245. The first-order valence-corrected chi connectivity index (χ1v) is 10.1. The van der Waals surface area contributed by atoms with Crippen LogP contribution in [-0.2, 0) is 19.3 Å². The van der Waals surface area contributed by atoms with Gasteiger partial charge >= 0.3 is 0 Å². The van der Waals surface area contributed by atoms with Crippen LogP contribution in [0.25, 0.3) is 0 Å². The molecule has 0 nitrogen and oxygen atoms in total. The summed E-state index contributed by atoms with van der Waals surface area (Å²) in [4.78, 5) is 0. The van der Waals surface area contributed by atoms with Gasteiger partial charge in [-0.2, -0.15) is 0 Å². The van der Waals surface area contributed by atoms with Gasteiger partial charge in [0.2, 0.25) is 0 Å². The molecule has 0 aliphatic heterocycles. The molecule has 2 aromatic carbocycles. The van der Waals surface area contributed by atoms with Gasteiger partial charge in [-0.15, -0.1) is 0 Å². The monoisotopic (exact) mass is 400 g/mol. The Hall–Kier alpha value is -1.08. The molecule has 0 N–H and O–H groups in total. The molecule has 0 aliphatic carbocycles. The topological polar surface area (TPSA) is 0 Å². The third kappa shape index (κ3) is 6.29. The molecule has 2 rings (SSSR count). The fraction of sp³-hybridized carbons (Fsp3) is 0.500. The molecular formula is C24H33Br. The van der Waals surface area contributed by atoms with Gasteiger partial charge in [0.25, 0.3) is 0 Å². The SMILES string of the molecule is Cc1ccc(CC(C)(C)Cc2ccc(Br)c(CC(C)(C)C)c2)cc1C. The predicted molar refractivity (Wildman–Crippen MR) is 114 cm³/mol. The fourth-order valence-corrected chi connectivity index (χ4v) is 3.91. The molecule has 0 bridgehead atoms. The van der Waals surface area contributed by atoms with Crippen LogP contribution in [0.15, 0.2) is 40.9 Å². The second-order valence-electron chi connectivity index (χ2n) is 9.60. The lowest BCUT2D eigenvalue weighted by atomic mass is 9.79. The Morgan fingerprint density at radius 1 is 0.720 bits per heavy atom. The molecule has 0 amide bonds. The van der Waals surface area contributed by atoms with Gasteiger partial charge in [0.15, 0.2) is 0 Å². The van der Waals surface area contributed by atoms with E-state index in [1.807, 2.05) is 0 Å². The standard InChI is InChI=1S/C24H33Br/c1-17-8-9-19(12-18(17)2)14-24(6,7)15-20-10-11-22(25)21(13-20)16-23(3,4)5/h8-13H,14-16H2,1-7H3. The van der Waals surface area contributed by atoms with Crippen LogP contribution >= 0.6 is 15.9 Å². The summed E-state index contributed by atoms with van der Waals surface area (Å²) in [6.07, 6.45) is 3.31. The zero-order chi connectivity index (χ0) is 18.8. The van der Waals surface area contributed by atoms with Crippen molar-refractivity contribution in [1.82, 2.24) is 0 Å². The second-order valence-corrected chi connectivity index (χ2v) is 10.5. The predicted octanol–water partition coefficient (Wildman–Crippen LogP) is 7.47. The van der Waals surface area contributed by atoms with E-state index in [0.29, 0.717) is 5.41 Å². The maximum absolute atomic E-state index is 3.73. The van der Waals surface area contributed by atoms with Crippen LogP contribution in [0.2, 0.25) is 0 Å². The lowest BCUT2D eigenvalue weighted by molar-refractivity contribution is 0.360. The quantitative estimate of drug-likeness (QED) is 0.488. The van der Waals surface area contributed by atoms with Gasteiger partial charge < -0.3 is 0 Å². The summed E-state index contributed by atoms with van der Waals surface area (Å²) >= 11 is 3.73. The van der Waals surface area contributed by atoms with Crippen molar-refractivity contribution in [3.05, 3.63) is 68.7 Å². The first-order chi connectivity index (χ1) is 11.5. The van der Waals surface area contributed by atoms with E-state index >= 15 is 0 Å². The Bertz CT molecular complexity index is 732. The highest BCUT2D eigenvalue weighted by Crippen LogP contribution is 2.31. The molecule has 0 saturated carbocycles. The number of hydrogen-bond acceptors (Lipinski definition) is 0. The molecular weight excluding hydrogens is 368 g/mol. The Balaban J connectivity index is 2.16. The molecule has 25 heavy (non-hydrogen) atoms. The van der Waals surface area contributed by atoms with Crippen LogP contribution in [0, 0.1) is 24.7 Å². The van der Waals surface area contributed by atoms with Crippen molar-refractivity contribution in [3.63, 3.8) is 0 Å². The number of halogens is 1. The first-order valence-electron chi connectivity index (χ1n) is 9.29. The highest BCUT2D eigenvalue weighted by molar-refractivity contribution is 9.10. The van der Waals surface area contributed by atoms with E-state index in [4.69, 9.17) is 0 Å². The van der Waals surface area contributed by atoms with Gasteiger partial charge in [-0.3, -0.25) is 0 Å². The van der Waals surface area contributed by atoms with Crippen molar-refractivity contribution in [2.24, 2.45) is 10.8 Å². The van der Waals surface area contributed by atoms with Crippen molar-refractivity contribution in [2.45, 2.75) is 67.7 Å². The molecule has 2 aromatic rings. The summed E-state index contributed by atoms with van der Waals surface area (Å²) in [5.74, 6) is 0. The zero-order valence-corrected chi connectivity index (χ0v) is 18.5. The van der Waals surface area contributed by atoms with Crippen LogP contribution in [0.1, 0.15) is 62.4 Å².